The minimum Gasteiger partial charge on any atom is -0.442 e. The van der Waals surface area contributed by atoms with Crippen LogP contribution < -0.4 is 15.1 Å². The number of cyclic esters (lactones) is 1. The molecule has 1 saturated carbocycles. The van der Waals surface area contributed by atoms with E-state index in [4.69, 9.17) is 4.74 Å². The van der Waals surface area contributed by atoms with Crippen LogP contribution in [0.5, 0.6) is 0 Å². The van der Waals surface area contributed by atoms with Crippen LogP contribution in [0.4, 0.5) is 20.6 Å². The van der Waals surface area contributed by atoms with Gasteiger partial charge in [-0.15, -0.1) is 0 Å². The van der Waals surface area contributed by atoms with Crippen LogP contribution in [0.2, 0.25) is 0 Å². The standard InChI is InChI=1S/C20H27FN4O3/c1-12(26)22-7-14-8-25(20(27)28-14)13-4-5-19(18(21)6-13)24-10-16-15(9-23(2)3)17(16)11-24/h4-6,14-17H,7-11H2,1-3H3,(H,22,26)/t14-,15?,16-,17+/m0/s1. The summed E-state index contributed by atoms with van der Waals surface area (Å²) in [6, 6.07) is 4.92. The van der Waals surface area contributed by atoms with E-state index >= 15 is 0 Å². The molecule has 0 bridgehead atoms. The molecule has 7 nitrogen and oxygen atoms in total. The number of halogens is 1. The van der Waals surface area contributed by atoms with Gasteiger partial charge in [0.2, 0.25) is 5.91 Å². The van der Waals surface area contributed by atoms with E-state index in [-0.39, 0.29) is 24.8 Å². The van der Waals surface area contributed by atoms with Crippen LogP contribution in [0, 0.1) is 23.6 Å². The highest BCUT2D eigenvalue weighted by Gasteiger charge is 2.55. The maximum Gasteiger partial charge on any atom is 0.414 e. The van der Waals surface area contributed by atoms with Crippen LogP contribution in [-0.4, -0.2) is 69.8 Å². The fourth-order valence-corrected chi connectivity index (χ4v) is 4.55. The van der Waals surface area contributed by atoms with Gasteiger partial charge in [-0.3, -0.25) is 9.69 Å². The average Bonchev–Trinajstić information content (AvgIpc) is 2.99. The number of benzene rings is 1. The van der Waals surface area contributed by atoms with Crippen LogP contribution in [0.25, 0.3) is 0 Å². The van der Waals surface area contributed by atoms with E-state index in [0.717, 1.165) is 25.6 Å². The summed E-state index contributed by atoms with van der Waals surface area (Å²) in [5.74, 6) is 1.55. The molecule has 2 heterocycles. The van der Waals surface area contributed by atoms with Crippen LogP contribution >= 0.6 is 0 Å². The maximum atomic E-state index is 14.8. The number of piperidine rings is 1. The van der Waals surface area contributed by atoms with Crippen molar-refractivity contribution in [2.75, 3.05) is 56.6 Å². The lowest BCUT2D eigenvalue weighted by Crippen LogP contribution is -2.33. The molecule has 4 rings (SSSR count). The molecule has 8 heteroatoms. The van der Waals surface area contributed by atoms with Gasteiger partial charge in [-0.2, -0.15) is 0 Å². The Kier molecular flexibility index (Phi) is 4.91. The van der Waals surface area contributed by atoms with Gasteiger partial charge in [-0.05, 0) is 50.0 Å². The van der Waals surface area contributed by atoms with Crippen molar-refractivity contribution in [3.05, 3.63) is 24.0 Å². The van der Waals surface area contributed by atoms with E-state index in [1.54, 1.807) is 12.1 Å². The summed E-state index contributed by atoms with van der Waals surface area (Å²) in [7, 11) is 4.18. The van der Waals surface area contributed by atoms with Gasteiger partial charge < -0.3 is 19.9 Å². The molecular weight excluding hydrogens is 363 g/mol. The molecule has 1 aliphatic carbocycles. The Bertz CT molecular complexity index is 775. The fraction of sp³-hybridized carbons (Fsp3) is 0.600. The number of nitrogens with zero attached hydrogens (tertiary/aromatic N) is 3. The average molecular weight is 390 g/mol. The Labute approximate surface area is 164 Å². The van der Waals surface area contributed by atoms with Crippen molar-refractivity contribution in [3.8, 4) is 0 Å². The van der Waals surface area contributed by atoms with Crippen molar-refractivity contribution in [2.45, 2.75) is 13.0 Å². The lowest BCUT2D eigenvalue weighted by Gasteiger charge is -2.24. The number of carbonyl (C=O) groups excluding carboxylic acids is 2. The first-order chi connectivity index (χ1) is 13.3. The molecule has 2 amide bonds. The third-order valence-corrected chi connectivity index (χ3v) is 5.98. The molecule has 0 radical (unpaired) electrons. The number of rotatable bonds is 6. The van der Waals surface area contributed by atoms with Crippen molar-refractivity contribution in [2.24, 2.45) is 17.8 Å². The van der Waals surface area contributed by atoms with E-state index in [9.17, 15) is 14.0 Å². The van der Waals surface area contributed by atoms with Crippen LogP contribution in [-0.2, 0) is 9.53 Å². The first kappa shape index (κ1) is 19.0. The Hall–Kier alpha value is -2.35. The molecule has 2 saturated heterocycles. The van der Waals surface area contributed by atoms with Gasteiger partial charge in [0, 0.05) is 26.6 Å². The van der Waals surface area contributed by atoms with Crippen LogP contribution in [0.15, 0.2) is 18.2 Å². The van der Waals surface area contributed by atoms with E-state index in [1.165, 1.54) is 17.9 Å². The van der Waals surface area contributed by atoms with Gasteiger partial charge in [-0.25, -0.2) is 9.18 Å². The summed E-state index contributed by atoms with van der Waals surface area (Å²) in [5.41, 5.74) is 1.08. The molecule has 1 aromatic rings. The second kappa shape index (κ2) is 7.24. The Morgan fingerprint density at radius 2 is 2.00 bits per heavy atom. The smallest absolute Gasteiger partial charge is 0.414 e. The number of hydrogen-bond donors (Lipinski definition) is 1. The molecule has 0 spiro atoms. The number of carbonyl (C=O) groups is 2. The number of amides is 2. The number of hydrogen-bond acceptors (Lipinski definition) is 5. The lowest BCUT2D eigenvalue weighted by atomic mass is 10.2. The minimum absolute atomic E-state index is 0.179. The molecular formula is C20H27FN4O3. The number of ether oxygens (including phenoxy) is 1. The number of nitrogens with one attached hydrogen (secondary N) is 1. The molecule has 3 fully saturated rings. The van der Waals surface area contributed by atoms with Crippen molar-refractivity contribution in [1.82, 2.24) is 10.2 Å². The van der Waals surface area contributed by atoms with Crippen molar-refractivity contribution in [3.63, 3.8) is 0 Å². The van der Waals surface area contributed by atoms with Crippen molar-refractivity contribution in [1.29, 1.82) is 0 Å². The Balaban J connectivity index is 1.38. The Morgan fingerprint density at radius 1 is 1.29 bits per heavy atom. The molecule has 152 valence electrons. The number of fused-ring (bicyclic) bond motifs is 1. The third kappa shape index (κ3) is 3.65. The highest BCUT2D eigenvalue weighted by atomic mass is 19.1. The predicted octanol–water partition coefficient (Wildman–Crippen LogP) is 1.53. The topological polar surface area (TPSA) is 65.1 Å². The van der Waals surface area contributed by atoms with Gasteiger partial charge in [-0.1, -0.05) is 0 Å². The molecule has 3 aliphatic rings. The van der Waals surface area contributed by atoms with E-state index in [1.807, 2.05) is 0 Å². The van der Waals surface area contributed by atoms with Crippen LogP contribution in [0.3, 0.4) is 0 Å². The predicted molar refractivity (Wildman–Crippen MR) is 104 cm³/mol. The van der Waals surface area contributed by atoms with Gasteiger partial charge >= 0.3 is 6.09 Å². The Morgan fingerprint density at radius 3 is 2.61 bits per heavy atom. The fourth-order valence-electron chi connectivity index (χ4n) is 4.55. The molecule has 4 atom stereocenters. The molecule has 0 aromatic heterocycles. The van der Waals surface area contributed by atoms with Crippen LogP contribution in [0.1, 0.15) is 6.92 Å². The number of anilines is 2. The zero-order valence-corrected chi connectivity index (χ0v) is 16.5. The maximum absolute atomic E-state index is 14.8. The zero-order valence-electron chi connectivity index (χ0n) is 16.5. The van der Waals surface area contributed by atoms with Gasteiger partial charge in [0.15, 0.2) is 0 Å². The van der Waals surface area contributed by atoms with Gasteiger partial charge in [0.05, 0.1) is 24.5 Å². The quantitative estimate of drug-likeness (QED) is 0.798. The second-order valence-electron chi connectivity index (χ2n) is 8.35. The molecule has 1 N–H and O–H groups in total. The summed E-state index contributed by atoms with van der Waals surface area (Å²) in [5, 5.41) is 2.63. The SMILES string of the molecule is CC(=O)NC[C@H]1CN(c2ccc(N3C[C@@H]4C(CN(C)C)[C@@H]4C3)c(F)c2)C(=O)O1. The van der Waals surface area contributed by atoms with Gasteiger partial charge in [0.1, 0.15) is 11.9 Å². The van der Waals surface area contributed by atoms with E-state index in [2.05, 4.69) is 29.2 Å². The molecule has 1 aromatic carbocycles. The molecule has 1 unspecified atom stereocenters. The normalized spacial score (nSPS) is 28.5. The largest absolute Gasteiger partial charge is 0.442 e. The molecule has 2 aliphatic heterocycles. The van der Waals surface area contributed by atoms with E-state index in [0.29, 0.717) is 23.2 Å². The minimum atomic E-state index is -0.517. The monoisotopic (exact) mass is 390 g/mol. The summed E-state index contributed by atoms with van der Waals surface area (Å²) in [6.07, 6.45) is -0.949. The highest BCUT2D eigenvalue weighted by Crippen LogP contribution is 2.53. The lowest BCUT2D eigenvalue weighted by molar-refractivity contribution is -0.119. The molecule has 28 heavy (non-hydrogen) atoms. The highest BCUT2D eigenvalue weighted by molar-refractivity contribution is 5.90. The second-order valence-corrected chi connectivity index (χ2v) is 8.35. The first-order valence-electron chi connectivity index (χ1n) is 9.75. The van der Waals surface area contributed by atoms with Gasteiger partial charge in [0.25, 0.3) is 0 Å². The third-order valence-electron chi connectivity index (χ3n) is 5.98. The van der Waals surface area contributed by atoms with E-state index < -0.39 is 12.2 Å². The summed E-state index contributed by atoms with van der Waals surface area (Å²) >= 11 is 0. The summed E-state index contributed by atoms with van der Waals surface area (Å²) < 4.78 is 20.0. The first-order valence-corrected chi connectivity index (χ1v) is 9.75. The van der Waals surface area contributed by atoms with Crippen molar-refractivity contribution >= 4 is 23.4 Å². The summed E-state index contributed by atoms with van der Waals surface area (Å²) in [4.78, 5) is 28.9. The van der Waals surface area contributed by atoms with Crippen molar-refractivity contribution < 1.29 is 18.7 Å². The zero-order chi connectivity index (χ0) is 20.0. The summed E-state index contributed by atoms with van der Waals surface area (Å²) in [6.45, 7) is 4.84.